The molecule has 14 nitrogen and oxygen atoms in total. The molecule has 42 heavy (non-hydrogen) atoms. The first-order valence-electron chi connectivity index (χ1n) is 13.6. The molecule has 2 aliphatic rings. The fourth-order valence-corrected chi connectivity index (χ4v) is 6.46. The third-order valence-corrected chi connectivity index (χ3v) is 8.58. The summed E-state index contributed by atoms with van der Waals surface area (Å²) >= 11 is -0.687. The number of amides is 2. The van der Waals surface area contributed by atoms with Gasteiger partial charge in [0.2, 0.25) is 0 Å². The van der Waals surface area contributed by atoms with Crippen molar-refractivity contribution in [2.45, 2.75) is 90.8 Å². The molecule has 0 bridgehead atoms. The van der Waals surface area contributed by atoms with Crippen molar-refractivity contribution in [3.8, 4) is 0 Å². The van der Waals surface area contributed by atoms with E-state index in [4.69, 9.17) is 18.9 Å². The van der Waals surface area contributed by atoms with Gasteiger partial charge in [-0.2, -0.15) is 0 Å². The maximum absolute atomic E-state index is 13.1. The zero-order chi connectivity index (χ0) is 30.8. The Kier molecular flexibility index (Phi) is 9.37. The van der Waals surface area contributed by atoms with Crippen LogP contribution in [-0.2, 0) is 54.5 Å². The van der Waals surface area contributed by atoms with E-state index in [1.54, 1.807) is 47.9 Å². The zero-order valence-corrected chi connectivity index (χ0v) is 27.1. The second-order valence-electron chi connectivity index (χ2n) is 12.0. The molecule has 2 amide bonds. The number of rotatable bonds is 6. The number of H-pyrrole nitrogens is 2. The molecule has 2 aromatic heterocycles. The van der Waals surface area contributed by atoms with Crippen molar-refractivity contribution in [2.75, 3.05) is 18.1 Å². The van der Waals surface area contributed by atoms with E-state index in [-0.39, 0.29) is 32.5 Å². The standard InChI is InChI=1S/C27H38IN6O8/c1-26(2,3)41-24(37)33-12-17-15(29-14-30-17)10-20(33)22(36)40-9-8-28-23-31-16-11-19(21(35)39-7)34(13-18(16)32-23)25(38)42-27(4,5)6/h14,19-20H,8-13H2,1-7H3,(H,29,30)(H,31,32)/q-1/t19-,20-/m0/s1. The van der Waals surface area contributed by atoms with E-state index in [0.717, 1.165) is 20.9 Å². The first-order valence-corrected chi connectivity index (χ1v) is 16.2. The van der Waals surface area contributed by atoms with Crippen LogP contribution in [0.4, 0.5) is 9.59 Å². The summed E-state index contributed by atoms with van der Waals surface area (Å²) in [6, 6.07) is -1.69. The quantitative estimate of drug-likeness (QED) is 0.127. The molecule has 4 rings (SSSR count). The Morgan fingerprint density at radius 3 is 2.07 bits per heavy atom. The van der Waals surface area contributed by atoms with Gasteiger partial charge in [-0.05, 0) is 0 Å². The van der Waals surface area contributed by atoms with E-state index in [1.165, 1.54) is 16.9 Å². The number of alkyl halides is 1. The first kappa shape index (κ1) is 31.6. The predicted molar refractivity (Wildman–Crippen MR) is 142 cm³/mol. The number of carbonyl (C=O) groups is 4. The summed E-state index contributed by atoms with van der Waals surface area (Å²) in [4.78, 5) is 69.2. The SMILES string of the molecule is COC(=O)[C@@H]1Cc2nc([I-]CCOC(=O)[C@@H]3Cc4nc[nH]c4CN3C(=O)OC(C)(C)C)[nH]c2CN1C(=O)OC(C)(C)C. The molecule has 0 saturated carbocycles. The van der Waals surface area contributed by atoms with Gasteiger partial charge >= 0.3 is 255 Å². The maximum atomic E-state index is 13.1. The van der Waals surface area contributed by atoms with Crippen LogP contribution in [0.15, 0.2) is 6.33 Å². The number of hydrogen-bond donors (Lipinski definition) is 2. The fraction of sp³-hybridized carbons (Fsp3) is 0.630. The van der Waals surface area contributed by atoms with Crippen molar-refractivity contribution in [1.29, 1.82) is 0 Å². The van der Waals surface area contributed by atoms with Gasteiger partial charge in [0.05, 0.1) is 0 Å². The van der Waals surface area contributed by atoms with Gasteiger partial charge in [0, 0.05) is 0 Å². The first-order chi connectivity index (χ1) is 19.6. The Bertz CT molecular complexity index is 1330. The molecule has 2 aliphatic heterocycles. The average Bonchev–Trinajstić information content (AvgIpc) is 3.52. The Balaban J connectivity index is 1.36. The number of fused-ring (bicyclic) bond motifs is 2. The Morgan fingerprint density at radius 2 is 1.48 bits per heavy atom. The number of nitrogens with one attached hydrogen (secondary N) is 2. The third-order valence-electron chi connectivity index (χ3n) is 6.37. The van der Waals surface area contributed by atoms with E-state index in [9.17, 15) is 19.2 Å². The number of nitrogens with zero attached hydrogens (tertiary/aromatic N) is 4. The summed E-state index contributed by atoms with van der Waals surface area (Å²) in [6.45, 7) is 11.0. The summed E-state index contributed by atoms with van der Waals surface area (Å²) in [5.74, 6) is -1.06. The van der Waals surface area contributed by atoms with Gasteiger partial charge in [0.15, 0.2) is 0 Å². The van der Waals surface area contributed by atoms with E-state index in [2.05, 4.69) is 19.9 Å². The van der Waals surface area contributed by atoms with Crippen LogP contribution in [0.2, 0.25) is 0 Å². The minimum absolute atomic E-state index is 0.132. The Labute approximate surface area is 254 Å². The van der Waals surface area contributed by atoms with Crippen molar-refractivity contribution in [3.05, 3.63) is 32.9 Å². The molecule has 0 spiro atoms. The number of halogens is 1. The van der Waals surface area contributed by atoms with Crippen molar-refractivity contribution < 1.29 is 59.3 Å². The van der Waals surface area contributed by atoms with Gasteiger partial charge in [-0.25, -0.2) is 0 Å². The molecule has 0 aromatic carbocycles. The summed E-state index contributed by atoms with van der Waals surface area (Å²) in [7, 11) is 1.28. The summed E-state index contributed by atoms with van der Waals surface area (Å²) < 4.78 is 22.9. The van der Waals surface area contributed by atoms with Crippen molar-refractivity contribution >= 4 is 24.1 Å². The Hall–Kier alpha value is -3.37. The van der Waals surface area contributed by atoms with Crippen LogP contribution in [0.1, 0.15) is 64.3 Å². The van der Waals surface area contributed by atoms with Crippen molar-refractivity contribution in [1.82, 2.24) is 29.7 Å². The van der Waals surface area contributed by atoms with Gasteiger partial charge < -0.3 is 0 Å². The topological polar surface area (TPSA) is 169 Å². The number of aromatic nitrogens is 4. The fourth-order valence-electron chi connectivity index (χ4n) is 4.53. The molecule has 15 heteroatoms. The number of imidazole rings is 2. The normalized spacial score (nSPS) is 18.6. The summed E-state index contributed by atoms with van der Waals surface area (Å²) in [5, 5.41) is 0. The monoisotopic (exact) mass is 701 g/mol. The van der Waals surface area contributed by atoms with Gasteiger partial charge in [0.1, 0.15) is 0 Å². The van der Waals surface area contributed by atoms with Gasteiger partial charge in [-0.15, -0.1) is 0 Å². The second-order valence-corrected chi connectivity index (χ2v) is 14.8. The molecule has 2 atom stereocenters. The molecule has 4 heterocycles. The van der Waals surface area contributed by atoms with Crippen molar-refractivity contribution in [3.63, 3.8) is 0 Å². The average molecular weight is 702 g/mol. The molecule has 0 saturated heterocycles. The van der Waals surface area contributed by atoms with Gasteiger partial charge in [-0.1, -0.05) is 0 Å². The molecular weight excluding hydrogens is 663 g/mol. The van der Waals surface area contributed by atoms with E-state index in [1.807, 2.05) is 0 Å². The van der Waals surface area contributed by atoms with Crippen LogP contribution < -0.4 is 21.2 Å². The van der Waals surface area contributed by atoms with Crippen LogP contribution in [-0.4, -0.2) is 95.3 Å². The molecule has 232 valence electrons. The van der Waals surface area contributed by atoms with Crippen LogP contribution in [0.3, 0.4) is 0 Å². The Morgan fingerprint density at radius 1 is 0.905 bits per heavy atom. The predicted octanol–water partition coefficient (Wildman–Crippen LogP) is -0.869. The number of methoxy groups -OCH3 is 1. The molecule has 0 radical (unpaired) electrons. The van der Waals surface area contributed by atoms with E-state index in [0.29, 0.717) is 10.1 Å². The number of esters is 2. The zero-order valence-electron chi connectivity index (χ0n) is 24.9. The molecule has 0 aliphatic carbocycles. The van der Waals surface area contributed by atoms with Crippen LogP contribution in [0, 0.1) is 3.83 Å². The second kappa shape index (κ2) is 12.5. The van der Waals surface area contributed by atoms with Crippen LogP contribution in [0.25, 0.3) is 0 Å². The number of hydrogen-bond acceptors (Lipinski definition) is 10. The van der Waals surface area contributed by atoms with Gasteiger partial charge in [-0.3, -0.25) is 0 Å². The minimum atomic E-state index is -0.848. The summed E-state index contributed by atoms with van der Waals surface area (Å²) in [6.07, 6.45) is 0.773. The molecule has 0 unspecified atom stereocenters. The molecule has 0 fully saturated rings. The molecule has 2 N–H and O–H groups in total. The molecular formula is C27H38IN6O8-. The number of carbonyl (C=O) groups excluding carboxylic acids is 4. The molecule has 2 aromatic rings. The van der Waals surface area contributed by atoms with Gasteiger partial charge in [0.25, 0.3) is 0 Å². The third kappa shape index (κ3) is 7.72. The van der Waals surface area contributed by atoms with E-state index >= 15 is 0 Å². The van der Waals surface area contributed by atoms with E-state index < -0.39 is 68.6 Å². The van der Waals surface area contributed by atoms with Crippen LogP contribution >= 0.6 is 0 Å². The number of aromatic amines is 2. The van der Waals surface area contributed by atoms with Crippen LogP contribution in [0.5, 0.6) is 0 Å². The van der Waals surface area contributed by atoms with Crippen molar-refractivity contribution in [2.24, 2.45) is 0 Å². The summed E-state index contributed by atoms with van der Waals surface area (Å²) in [5.41, 5.74) is 1.47. The number of ether oxygens (including phenoxy) is 4.